The molecule has 1 unspecified atom stereocenters. The van der Waals surface area contributed by atoms with Gasteiger partial charge in [0, 0.05) is 13.1 Å². The van der Waals surface area contributed by atoms with Gasteiger partial charge in [0.15, 0.2) is 0 Å². The third-order valence-corrected chi connectivity index (χ3v) is 4.23. The molecule has 1 saturated heterocycles. The van der Waals surface area contributed by atoms with Crippen LogP contribution in [0.2, 0.25) is 0 Å². The Hall–Kier alpha value is -0.0400. The van der Waals surface area contributed by atoms with Gasteiger partial charge in [0.25, 0.3) is 0 Å². The highest BCUT2D eigenvalue weighted by atomic mass is 15.2. The summed E-state index contributed by atoms with van der Waals surface area (Å²) in [6.45, 7) is 8.91. The fraction of sp³-hybridized carbons (Fsp3) is 1.00. The molecule has 2 rings (SSSR count). The highest BCUT2D eigenvalue weighted by molar-refractivity contribution is 4.87. The van der Waals surface area contributed by atoms with E-state index in [1.165, 1.54) is 51.7 Å². The Bertz CT molecular complexity index is 174. The third kappa shape index (κ3) is 2.07. The molecule has 0 N–H and O–H groups in total. The fourth-order valence-corrected chi connectivity index (χ4v) is 2.61. The van der Waals surface area contributed by atoms with E-state index in [9.17, 15) is 0 Å². The Kier molecular flexibility index (Phi) is 2.64. The molecule has 1 nitrogen and oxygen atoms in total. The molecule has 0 spiro atoms. The number of likely N-dealkylation sites (tertiary alicyclic amines) is 1. The molecular weight excluding hydrogens is 158 g/mol. The summed E-state index contributed by atoms with van der Waals surface area (Å²) in [4.78, 5) is 2.70. The molecule has 0 aromatic heterocycles. The molecule has 1 atom stereocenters. The van der Waals surface area contributed by atoms with Crippen molar-refractivity contribution in [3.8, 4) is 0 Å². The zero-order valence-electron chi connectivity index (χ0n) is 9.18. The number of rotatable bonds is 3. The molecule has 1 heterocycles. The maximum Gasteiger partial charge on any atom is 0.00358 e. The Balaban J connectivity index is 1.77. The van der Waals surface area contributed by atoms with Crippen LogP contribution in [0.3, 0.4) is 0 Å². The Labute approximate surface area is 82.5 Å². The van der Waals surface area contributed by atoms with Crippen LogP contribution >= 0.6 is 0 Å². The first-order chi connectivity index (χ1) is 6.22. The van der Waals surface area contributed by atoms with Crippen LogP contribution in [0, 0.1) is 11.3 Å². The SMILES string of the molecule is CCC1(C)CCN(CC2CCC2)C1. The Morgan fingerprint density at radius 1 is 1.38 bits per heavy atom. The van der Waals surface area contributed by atoms with Crippen LogP contribution in [0.15, 0.2) is 0 Å². The van der Waals surface area contributed by atoms with Gasteiger partial charge in [0.05, 0.1) is 0 Å². The molecule has 2 fully saturated rings. The largest absolute Gasteiger partial charge is 0.302 e. The minimum atomic E-state index is 0.643. The minimum Gasteiger partial charge on any atom is -0.302 e. The topological polar surface area (TPSA) is 3.24 Å². The van der Waals surface area contributed by atoms with E-state index in [-0.39, 0.29) is 0 Å². The van der Waals surface area contributed by atoms with E-state index >= 15 is 0 Å². The average Bonchev–Trinajstić information content (AvgIpc) is 2.42. The van der Waals surface area contributed by atoms with Crippen LogP contribution in [0.25, 0.3) is 0 Å². The van der Waals surface area contributed by atoms with Gasteiger partial charge in [-0.1, -0.05) is 20.3 Å². The van der Waals surface area contributed by atoms with Crippen LogP contribution in [0.5, 0.6) is 0 Å². The first-order valence-electron chi connectivity index (χ1n) is 5.94. The lowest BCUT2D eigenvalue weighted by atomic mass is 9.84. The molecule has 0 aromatic carbocycles. The molecule has 13 heavy (non-hydrogen) atoms. The van der Waals surface area contributed by atoms with Gasteiger partial charge >= 0.3 is 0 Å². The average molecular weight is 181 g/mol. The molecule has 1 heteroatoms. The summed E-state index contributed by atoms with van der Waals surface area (Å²) in [6, 6.07) is 0. The van der Waals surface area contributed by atoms with Crippen molar-refractivity contribution in [2.45, 2.75) is 46.0 Å². The van der Waals surface area contributed by atoms with Crippen molar-refractivity contribution in [1.82, 2.24) is 4.90 Å². The maximum atomic E-state index is 2.70. The second-order valence-electron chi connectivity index (χ2n) is 5.45. The molecular formula is C12H23N. The standard InChI is InChI=1S/C12H23N/c1-3-12(2)7-8-13(10-12)9-11-5-4-6-11/h11H,3-10H2,1-2H3. The molecule has 1 aliphatic carbocycles. The van der Waals surface area contributed by atoms with Crippen molar-refractivity contribution in [1.29, 1.82) is 0 Å². The Morgan fingerprint density at radius 2 is 2.15 bits per heavy atom. The summed E-state index contributed by atoms with van der Waals surface area (Å²) in [7, 11) is 0. The lowest BCUT2D eigenvalue weighted by Crippen LogP contribution is -2.32. The van der Waals surface area contributed by atoms with Crippen LogP contribution < -0.4 is 0 Å². The molecule has 1 saturated carbocycles. The van der Waals surface area contributed by atoms with Crippen LogP contribution in [-0.2, 0) is 0 Å². The van der Waals surface area contributed by atoms with Gasteiger partial charge in [-0.2, -0.15) is 0 Å². The normalized spacial score (nSPS) is 36.5. The predicted octanol–water partition coefficient (Wildman–Crippen LogP) is 2.91. The van der Waals surface area contributed by atoms with Crippen LogP contribution in [0.1, 0.15) is 46.0 Å². The van der Waals surface area contributed by atoms with Crippen molar-refractivity contribution in [3.05, 3.63) is 0 Å². The highest BCUT2D eigenvalue weighted by Crippen LogP contribution is 2.35. The van der Waals surface area contributed by atoms with Crippen molar-refractivity contribution >= 4 is 0 Å². The molecule has 0 amide bonds. The summed E-state index contributed by atoms with van der Waals surface area (Å²) in [5.74, 6) is 1.05. The van der Waals surface area contributed by atoms with E-state index in [0.717, 1.165) is 5.92 Å². The number of hydrogen-bond acceptors (Lipinski definition) is 1. The minimum absolute atomic E-state index is 0.643. The van der Waals surface area contributed by atoms with E-state index in [1.807, 2.05) is 0 Å². The zero-order chi connectivity index (χ0) is 9.31. The van der Waals surface area contributed by atoms with E-state index in [0.29, 0.717) is 5.41 Å². The van der Waals surface area contributed by atoms with Gasteiger partial charge in [-0.3, -0.25) is 0 Å². The molecule has 0 bridgehead atoms. The van der Waals surface area contributed by atoms with Gasteiger partial charge in [-0.25, -0.2) is 0 Å². The lowest BCUT2D eigenvalue weighted by molar-refractivity contribution is 0.187. The second-order valence-corrected chi connectivity index (χ2v) is 5.45. The molecule has 0 aromatic rings. The summed E-state index contributed by atoms with van der Waals surface area (Å²) in [5.41, 5.74) is 0.643. The molecule has 0 radical (unpaired) electrons. The van der Waals surface area contributed by atoms with Crippen molar-refractivity contribution < 1.29 is 0 Å². The quantitative estimate of drug-likeness (QED) is 0.647. The highest BCUT2D eigenvalue weighted by Gasteiger charge is 2.33. The molecule has 76 valence electrons. The molecule has 2 aliphatic rings. The fourth-order valence-electron chi connectivity index (χ4n) is 2.61. The van der Waals surface area contributed by atoms with Gasteiger partial charge in [-0.05, 0) is 43.6 Å². The second kappa shape index (κ2) is 3.61. The summed E-state index contributed by atoms with van der Waals surface area (Å²) < 4.78 is 0. The van der Waals surface area contributed by atoms with Gasteiger partial charge in [0.2, 0.25) is 0 Å². The monoisotopic (exact) mass is 181 g/mol. The third-order valence-electron chi connectivity index (χ3n) is 4.23. The number of hydrogen-bond donors (Lipinski definition) is 0. The Morgan fingerprint density at radius 3 is 2.62 bits per heavy atom. The zero-order valence-corrected chi connectivity index (χ0v) is 9.18. The van der Waals surface area contributed by atoms with Gasteiger partial charge in [0.1, 0.15) is 0 Å². The smallest absolute Gasteiger partial charge is 0.00358 e. The van der Waals surface area contributed by atoms with Gasteiger partial charge in [-0.15, -0.1) is 0 Å². The molecule has 1 aliphatic heterocycles. The predicted molar refractivity (Wildman–Crippen MR) is 56.8 cm³/mol. The number of nitrogens with zero attached hydrogens (tertiary/aromatic N) is 1. The van der Waals surface area contributed by atoms with Crippen molar-refractivity contribution in [2.24, 2.45) is 11.3 Å². The van der Waals surface area contributed by atoms with Gasteiger partial charge < -0.3 is 4.90 Å². The summed E-state index contributed by atoms with van der Waals surface area (Å²) in [5, 5.41) is 0. The summed E-state index contributed by atoms with van der Waals surface area (Å²) >= 11 is 0. The van der Waals surface area contributed by atoms with Crippen molar-refractivity contribution in [2.75, 3.05) is 19.6 Å². The lowest BCUT2D eigenvalue weighted by Gasteiger charge is -2.31. The van der Waals surface area contributed by atoms with Crippen LogP contribution in [0.4, 0.5) is 0 Å². The van der Waals surface area contributed by atoms with E-state index < -0.39 is 0 Å². The first-order valence-corrected chi connectivity index (χ1v) is 5.94. The first kappa shape index (κ1) is 9.51. The summed E-state index contributed by atoms with van der Waals surface area (Å²) in [6.07, 6.45) is 7.27. The van der Waals surface area contributed by atoms with E-state index in [2.05, 4.69) is 18.7 Å². The van der Waals surface area contributed by atoms with E-state index in [4.69, 9.17) is 0 Å². The van der Waals surface area contributed by atoms with E-state index in [1.54, 1.807) is 0 Å². The van der Waals surface area contributed by atoms with Crippen molar-refractivity contribution in [3.63, 3.8) is 0 Å². The maximum absolute atomic E-state index is 2.70. The van der Waals surface area contributed by atoms with Crippen LogP contribution in [-0.4, -0.2) is 24.5 Å².